The highest BCUT2D eigenvalue weighted by Gasteiger charge is 2.35. The third-order valence-electron chi connectivity index (χ3n) is 5.03. The number of ether oxygens (including phenoxy) is 1. The Morgan fingerprint density at radius 2 is 1.91 bits per heavy atom. The summed E-state index contributed by atoms with van der Waals surface area (Å²) in [6, 6.07) is 8.19. The molecule has 0 radical (unpaired) electrons. The van der Waals surface area contributed by atoms with Crippen molar-refractivity contribution >= 4 is 11.9 Å². The second-order valence-corrected chi connectivity index (χ2v) is 6.58. The number of benzene rings is 1. The maximum atomic E-state index is 12.5. The second kappa shape index (κ2) is 7.16. The van der Waals surface area contributed by atoms with Crippen LogP contribution in [0.2, 0.25) is 0 Å². The van der Waals surface area contributed by atoms with Crippen molar-refractivity contribution < 1.29 is 14.3 Å². The van der Waals surface area contributed by atoms with Crippen LogP contribution in [0.4, 0.5) is 0 Å². The number of amides is 1. The summed E-state index contributed by atoms with van der Waals surface area (Å²) < 4.78 is 5.09. The maximum Gasteiger partial charge on any atom is 0.328 e. The molecule has 0 N–H and O–H groups in total. The Kier molecular flexibility index (Phi) is 4.99. The molecule has 1 amide bonds. The first-order chi connectivity index (χ1) is 11.2. The number of hydrogen-bond acceptors (Lipinski definition) is 3. The van der Waals surface area contributed by atoms with E-state index in [1.807, 2.05) is 0 Å². The van der Waals surface area contributed by atoms with Crippen LogP contribution in [0.25, 0.3) is 0 Å². The predicted octanol–water partition coefficient (Wildman–Crippen LogP) is 2.74. The summed E-state index contributed by atoms with van der Waals surface area (Å²) in [6.45, 7) is 2.86. The topological polar surface area (TPSA) is 46.6 Å². The first-order valence-corrected chi connectivity index (χ1v) is 8.72. The number of likely N-dealkylation sites (tertiary alicyclic amines) is 1. The Hall–Kier alpha value is -1.84. The zero-order chi connectivity index (χ0) is 16.2. The Morgan fingerprint density at radius 1 is 1.22 bits per heavy atom. The van der Waals surface area contributed by atoms with Crippen molar-refractivity contribution in [1.82, 2.24) is 4.90 Å². The van der Waals surface area contributed by atoms with Crippen LogP contribution < -0.4 is 0 Å². The number of hydrogen-bond donors (Lipinski definition) is 0. The first-order valence-electron chi connectivity index (χ1n) is 8.72. The molecule has 1 heterocycles. The summed E-state index contributed by atoms with van der Waals surface area (Å²) in [6.07, 6.45) is 5.22. The Morgan fingerprint density at radius 3 is 2.57 bits per heavy atom. The van der Waals surface area contributed by atoms with E-state index in [-0.39, 0.29) is 17.9 Å². The Labute approximate surface area is 137 Å². The van der Waals surface area contributed by atoms with Crippen LogP contribution in [0.15, 0.2) is 24.3 Å². The van der Waals surface area contributed by atoms with Crippen LogP contribution in [-0.4, -0.2) is 36.0 Å². The molecule has 4 nitrogen and oxygen atoms in total. The van der Waals surface area contributed by atoms with E-state index in [1.165, 1.54) is 11.1 Å². The molecule has 3 rings (SSSR count). The zero-order valence-electron chi connectivity index (χ0n) is 13.8. The second-order valence-electron chi connectivity index (χ2n) is 6.58. The molecule has 1 aliphatic heterocycles. The molecular weight excluding hydrogens is 290 g/mol. The van der Waals surface area contributed by atoms with Gasteiger partial charge in [-0.2, -0.15) is 0 Å². The molecule has 1 aliphatic carbocycles. The van der Waals surface area contributed by atoms with Crippen LogP contribution in [0.3, 0.4) is 0 Å². The monoisotopic (exact) mass is 315 g/mol. The van der Waals surface area contributed by atoms with Crippen LogP contribution in [0.5, 0.6) is 0 Å². The number of esters is 1. The fourth-order valence-corrected chi connectivity index (χ4v) is 3.87. The van der Waals surface area contributed by atoms with E-state index < -0.39 is 0 Å². The standard InChI is InChI=1S/C19H25NO3/c1-2-23-19(22)17-8-5-11-20(17)18(21)10-9-14-12-15-6-3-4-7-16(15)13-14/h3-4,6-7,14,17H,2,5,8-13H2,1H3/t17-/m1/s1. The fraction of sp³-hybridized carbons (Fsp3) is 0.579. The largest absolute Gasteiger partial charge is 0.464 e. The number of rotatable bonds is 5. The molecule has 1 aromatic carbocycles. The summed E-state index contributed by atoms with van der Waals surface area (Å²) in [7, 11) is 0. The van der Waals surface area contributed by atoms with Gasteiger partial charge in [-0.3, -0.25) is 4.79 Å². The van der Waals surface area contributed by atoms with Crippen molar-refractivity contribution in [1.29, 1.82) is 0 Å². The highest BCUT2D eigenvalue weighted by Crippen LogP contribution is 2.30. The summed E-state index contributed by atoms with van der Waals surface area (Å²) in [5.41, 5.74) is 2.85. The van der Waals surface area contributed by atoms with Crippen molar-refractivity contribution in [3.8, 4) is 0 Å². The van der Waals surface area contributed by atoms with Crippen molar-refractivity contribution in [2.45, 2.75) is 51.5 Å². The molecule has 1 saturated heterocycles. The Bertz CT molecular complexity index is 559. The van der Waals surface area contributed by atoms with Crippen LogP contribution in [-0.2, 0) is 27.2 Å². The van der Waals surface area contributed by atoms with Gasteiger partial charge in [0.25, 0.3) is 0 Å². The lowest BCUT2D eigenvalue weighted by Crippen LogP contribution is -2.41. The van der Waals surface area contributed by atoms with Crippen LogP contribution in [0, 0.1) is 5.92 Å². The third-order valence-corrected chi connectivity index (χ3v) is 5.03. The molecule has 0 unspecified atom stereocenters. The SMILES string of the molecule is CCOC(=O)[C@H]1CCCN1C(=O)CCC1Cc2ccccc2C1. The van der Waals surface area contributed by atoms with Gasteiger partial charge in [-0.25, -0.2) is 4.79 Å². The van der Waals surface area contributed by atoms with Gasteiger partial charge in [-0.05, 0) is 56.1 Å². The minimum atomic E-state index is -0.358. The highest BCUT2D eigenvalue weighted by molar-refractivity contribution is 5.85. The van der Waals surface area contributed by atoms with E-state index in [9.17, 15) is 9.59 Å². The smallest absolute Gasteiger partial charge is 0.328 e. The maximum absolute atomic E-state index is 12.5. The third kappa shape index (κ3) is 3.57. The van der Waals surface area contributed by atoms with Gasteiger partial charge in [0.15, 0.2) is 0 Å². The average Bonchev–Trinajstić information content (AvgIpc) is 3.19. The number of nitrogens with zero attached hydrogens (tertiary/aromatic N) is 1. The molecule has 1 aromatic rings. The molecule has 124 valence electrons. The van der Waals surface area contributed by atoms with Gasteiger partial charge in [-0.1, -0.05) is 24.3 Å². The lowest BCUT2D eigenvalue weighted by atomic mass is 9.99. The Balaban J connectivity index is 1.51. The van der Waals surface area contributed by atoms with Gasteiger partial charge in [-0.15, -0.1) is 0 Å². The minimum absolute atomic E-state index is 0.108. The number of carbonyl (C=O) groups is 2. The quantitative estimate of drug-likeness (QED) is 0.785. The van der Waals surface area contributed by atoms with Crippen LogP contribution in [0.1, 0.15) is 43.7 Å². The molecule has 1 atom stereocenters. The molecule has 1 fully saturated rings. The van der Waals surface area contributed by atoms with E-state index in [0.717, 1.165) is 32.1 Å². The van der Waals surface area contributed by atoms with Gasteiger partial charge in [0, 0.05) is 13.0 Å². The van der Waals surface area contributed by atoms with Gasteiger partial charge in [0.1, 0.15) is 6.04 Å². The van der Waals surface area contributed by atoms with Gasteiger partial charge < -0.3 is 9.64 Å². The van der Waals surface area contributed by atoms with E-state index >= 15 is 0 Å². The molecule has 0 bridgehead atoms. The molecule has 0 aromatic heterocycles. The molecule has 23 heavy (non-hydrogen) atoms. The van der Waals surface area contributed by atoms with E-state index in [0.29, 0.717) is 25.5 Å². The van der Waals surface area contributed by atoms with Crippen molar-refractivity contribution in [2.75, 3.05) is 13.2 Å². The lowest BCUT2D eigenvalue weighted by Gasteiger charge is -2.23. The first kappa shape index (κ1) is 16.0. The minimum Gasteiger partial charge on any atom is -0.464 e. The lowest BCUT2D eigenvalue weighted by molar-refractivity contribution is -0.153. The summed E-state index contributed by atoms with van der Waals surface area (Å²) in [5, 5.41) is 0. The van der Waals surface area contributed by atoms with Gasteiger partial charge >= 0.3 is 5.97 Å². The summed E-state index contributed by atoms with van der Waals surface area (Å²) >= 11 is 0. The number of carbonyl (C=O) groups excluding carboxylic acids is 2. The van der Waals surface area contributed by atoms with Crippen molar-refractivity contribution in [2.24, 2.45) is 5.92 Å². The fourth-order valence-electron chi connectivity index (χ4n) is 3.87. The highest BCUT2D eigenvalue weighted by atomic mass is 16.5. The molecule has 0 spiro atoms. The summed E-state index contributed by atoms with van der Waals surface area (Å²) in [4.78, 5) is 26.2. The molecule has 2 aliphatic rings. The predicted molar refractivity (Wildman–Crippen MR) is 87.9 cm³/mol. The van der Waals surface area contributed by atoms with Crippen LogP contribution >= 0.6 is 0 Å². The molecule has 0 saturated carbocycles. The average molecular weight is 315 g/mol. The van der Waals surface area contributed by atoms with Gasteiger partial charge in [0.2, 0.25) is 5.91 Å². The molecular formula is C19H25NO3. The zero-order valence-corrected chi connectivity index (χ0v) is 13.8. The van der Waals surface area contributed by atoms with E-state index in [2.05, 4.69) is 24.3 Å². The van der Waals surface area contributed by atoms with Gasteiger partial charge in [0.05, 0.1) is 6.61 Å². The van der Waals surface area contributed by atoms with Crippen molar-refractivity contribution in [3.63, 3.8) is 0 Å². The normalized spacial score (nSPS) is 20.6. The molecule has 4 heteroatoms. The summed E-state index contributed by atoms with van der Waals surface area (Å²) in [5.74, 6) is 0.420. The van der Waals surface area contributed by atoms with E-state index in [4.69, 9.17) is 4.74 Å². The van der Waals surface area contributed by atoms with E-state index in [1.54, 1.807) is 11.8 Å². The van der Waals surface area contributed by atoms with Crippen molar-refractivity contribution in [3.05, 3.63) is 35.4 Å². The number of fused-ring (bicyclic) bond motifs is 1.